The zero-order valence-electron chi connectivity index (χ0n) is 12.0. The molecule has 2 aromatic rings. The molecule has 5 nitrogen and oxygen atoms in total. The van der Waals surface area contributed by atoms with Gasteiger partial charge >= 0.3 is 5.97 Å². The smallest absolute Gasteiger partial charge is 0.344 e. The first-order chi connectivity index (χ1) is 11.1. The van der Waals surface area contributed by atoms with Crippen LogP contribution in [0.3, 0.4) is 0 Å². The van der Waals surface area contributed by atoms with Crippen molar-refractivity contribution in [2.45, 2.75) is 0 Å². The summed E-state index contributed by atoms with van der Waals surface area (Å²) >= 11 is 5.89. The number of hydrogen-bond acceptors (Lipinski definition) is 5. The number of carbonyl (C=O) groups excluding carboxylic acids is 2. The molecule has 0 heterocycles. The Morgan fingerprint density at radius 3 is 2.48 bits per heavy atom. The quantitative estimate of drug-likeness (QED) is 0.601. The fraction of sp³-hybridized carbons (Fsp3) is 0.118. The van der Waals surface area contributed by atoms with Crippen LogP contribution in [-0.4, -0.2) is 25.0 Å². The maximum atomic E-state index is 11.9. The number of carbonyl (C=O) groups is 2. The third-order valence-corrected chi connectivity index (χ3v) is 3.22. The second-order valence-corrected chi connectivity index (χ2v) is 4.87. The van der Waals surface area contributed by atoms with E-state index in [1.165, 1.54) is 0 Å². The monoisotopic (exact) mass is 329 g/mol. The van der Waals surface area contributed by atoms with Gasteiger partial charge in [-0.25, -0.2) is 4.79 Å². The van der Waals surface area contributed by atoms with Crippen molar-refractivity contribution in [1.29, 1.82) is 5.26 Å². The summed E-state index contributed by atoms with van der Waals surface area (Å²) in [7, 11) is 0. The molecule has 0 atom stereocenters. The van der Waals surface area contributed by atoms with Crippen molar-refractivity contribution in [3.05, 3.63) is 64.7 Å². The van der Waals surface area contributed by atoms with Crippen molar-refractivity contribution in [1.82, 2.24) is 0 Å². The van der Waals surface area contributed by atoms with E-state index in [0.717, 1.165) is 0 Å². The molecule has 0 saturated heterocycles. The lowest BCUT2D eigenvalue weighted by Crippen LogP contribution is -2.19. The van der Waals surface area contributed by atoms with Gasteiger partial charge in [0.05, 0.1) is 10.6 Å². The molecule has 116 valence electrons. The Bertz CT molecular complexity index is 767. The number of esters is 1. The summed E-state index contributed by atoms with van der Waals surface area (Å²) in [5, 5.41) is 9.21. The number of ketones is 1. The molecule has 6 heteroatoms. The number of rotatable bonds is 6. The zero-order valence-corrected chi connectivity index (χ0v) is 12.7. The molecule has 0 N–H and O–H groups in total. The van der Waals surface area contributed by atoms with Gasteiger partial charge in [-0.3, -0.25) is 4.79 Å². The molecule has 0 spiro atoms. The Labute approximate surface area is 138 Å². The molecule has 2 rings (SSSR count). The first kappa shape index (κ1) is 16.5. The Morgan fingerprint density at radius 1 is 1.04 bits per heavy atom. The van der Waals surface area contributed by atoms with E-state index in [1.807, 2.05) is 6.07 Å². The van der Waals surface area contributed by atoms with Crippen molar-refractivity contribution in [3.63, 3.8) is 0 Å². The minimum Gasteiger partial charge on any atom is -0.481 e. The van der Waals surface area contributed by atoms with Crippen molar-refractivity contribution in [3.8, 4) is 11.8 Å². The van der Waals surface area contributed by atoms with Crippen LogP contribution < -0.4 is 4.74 Å². The number of hydrogen-bond donors (Lipinski definition) is 0. The molecular formula is C17H12ClNO4. The molecular weight excluding hydrogens is 318 g/mol. The molecule has 0 unspecified atom stereocenters. The lowest BCUT2D eigenvalue weighted by Gasteiger charge is -2.08. The summed E-state index contributed by atoms with van der Waals surface area (Å²) in [5.74, 6) is -0.830. The summed E-state index contributed by atoms with van der Waals surface area (Å²) in [5.41, 5.74) is 0.602. The van der Waals surface area contributed by atoms with E-state index in [4.69, 9.17) is 26.3 Å². The van der Waals surface area contributed by atoms with E-state index < -0.39 is 25.0 Å². The van der Waals surface area contributed by atoms with Crippen LogP contribution in [0.5, 0.6) is 5.75 Å². The standard InChI is InChI=1S/C17H12ClNO4/c18-14-7-3-2-6-13(14)15(20)10-23-17(21)11-22-16-8-4-1-5-12(16)9-19/h1-8H,10-11H2. The largest absolute Gasteiger partial charge is 0.481 e. The summed E-state index contributed by atoms with van der Waals surface area (Å²) in [6.07, 6.45) is 0. The highest BCUT2D eigenvalue weighted by atomic mass is 35.5. The Hall–Kier alpha value is -2.84. The molecule has 0 aliphatic heterocycles. The van der Waals surface area contributed by atoms with Gasteiger partial charge in [-0.1, -0.05) is 35.9 Å². The number of ether oxygens (including phenoxy) is 2. The fourth-order valence-corrected chi connectivity index (χ4v) is 2.02. The SMILES string of the molecule is N#Cc1ccccc1OCC(=O)OCC(=O)c1ccccc1Cl. The van der Waals surface area contributed by atoms with Gasteiger partial charge in [-0.15, -0.1) is 0 Å². The molecule has 0 amide bonds. The Morgan fingerprint density at radius 2 is 1.74 bits per heavy atom. The predicted octanol–water partition coefficient (Wildman–Crippen LogP) is 3.02. The number of nitriles is 1. The van der Waals surface area contributed by atoms with E-state index in [-0.39, 0.29) is 11.3 Å². The van der Waals surface area contributed by atoms with Crippen molar-refractivity contribution >= 4 is 23.4 Å². The Balaban J connectivity index is 1.85. The van der Waals surface area contributed by atoms with Gasteiger partial charge in [-0.05, 0) is 24.3 Å². The summed E-state index contributed by atoms with van der Waals surface area (Å²) in [6, 6.07) is 15.0. The van der Waals surface area contributed by atoms with E-state index in [1.54, 1.807) is 48.5 Å². The topological polar surface area (TPSA) is 76.4 Å². The number of nitrogens with zero attached hydrogens (tertiary/aromatic N) is 1. The predicted molar refractivity (Wildman–Crippen MR) is 83.4 cm³/mol. The summed E-state index contributed by atoms with van der Waals surface area (Å²) < 4.78 is 10.1. The maximum Gasteiger partial charge on any atom is 0.344 e. The van der Waals surface area contributed by atoms with E-state index >= 15 is 0 Å². The van der Waals surface area contributed by atoms with Crippen LogP contribution in [-0.2, 0) is 9.53 Å². The Kier molecular flexibility index (Phi) is 5.73. The molecule has 0 fully saturated rings. The highest BCUT2D eigenvalue weighted by Gasteiger charge is 2.13. The average molecular weight is 330 g/mol. The molecule has 0 saturated carbocycles. The number of benzene rings is 2. The van der Waals surface area contributed by atoms with Crippen LogP contribution in [0.4, 0.5) is 0 Å². The van der Waals surface area contributed by atoms with Crippen LogP contribution in [0.25, 0.3) is 0 Å². The lowest BCUT2D eigenvalue weighted by molar-refractivity contribution is -0.144. The third kappa shape index (κ3) is 4.56. The van der Waals surface area contributed by atoms with Crippen LogP contribution >= 0.6 is 11.6 Å². The highest BCUT2D eigenvalue weighted by Crippen LogP contribution is 2.17. The van der Waals surface area contributed by atoms with E-state index in [2.05, 4.69) is 0 Å². The molecule has 0 bridgehead atoms. The van der Waals surface area contributed by atoms with Gasteiger partial charge in [0.1, 0.15) is 11.8 Å². The van der Waals surface area contributed by atoms with Gasteiger partial charge in [-0.2, -0.15) is 5.26 Å². The molecule has 0 radical (unpaired) electrons. The maximum absolute atomic E-state index is 11.9. The molecule has 0 aliphatic rings. The number of para-hydroxylation sites is 1. The van der Waals surface area contributed by atoms with Crippen molar-refractivity contribution in [2.75, 3.05) is 13.2 Å². The third-order valence-electron chi connectivity index (χ3n) is 2.89. The molecule has 23 heavy (non-hydrogen) atoms. The first-order valence-corrected chi connectivity index (χ1v) is 7.05. The highest BCUT2D eigenvalue weighted by molar-refractivity contribution is 6.34. The second-order valence-electron chi connectivity index (χ2n) is 4.46. The van der Waals surface area contributed by atoms with Crippen molar-refractivity contribution < 1.29 is 19.1 Å². The normalized spacial score (nSPS) is 9.74. The van der Waals surface area contributed by atoms with Crippen LogP contribution in [0.2, 0.25) is 5.02 Å². The molecule has 0 aliphatic carbocycles. The zero-order chi connectivity index (χ0) is 16.7. The van der Waals surface area contributed by atoms with Gasteiger partial charge in [0.25, 0.3) is 0 Å². The fourth-order valence-electron chi connectivity index (χ4n) is 1.77. The lowest BCUT2D eigenvalue weighted by atomic mass is 10.1. The average Bonchev–Trinajstić information content (AvgIpc) is 2.58. The van der Waals surface area contributed by atoms with Gasteiger partial charge in [0.15, 0.2) is 13.2 Å². The summed E-state index contributed by atoms with van der Waals surface area (Å²) in [4.78, 5) is 23.5. The minimum absolute atomic E-state index is 0.282. The van der Waals surface area contributed by atoms with Crippen LogP contribution in [0.1, 0.15) is 15.9 Å². The van der Waals surface area contributed by atoms with Gasteiger partial charge < -0.3 is 9.47 Å². The van der Waals surface area contributed by atoms with Gasteiger partial charge in [0, 0.05) is 5.56 Å². The van der Waals surface area contributed by atoms with E-state index in [0.29, 0.717) is 10.6 Å². The van der Waals surface area contributed by atoms with Gasteiger partial charge in [0.2, 0.25) is 5.78 Å². The minimum atomic E-state index is -0.710. The second kappa shape index (κ2) is 7.97. The summed E-state index contributed by atoms with van der Waals surface area (Å²) in [6.45, 7) is -0.819. The number of Topliss-reactive ketones (excluding diaryl/α,β-unsaturated/α-hetero) is 1. The van der Waals surface area contributed by atoms with E-state index in [9.17, 15) is 9.59 Å². The van der Waals surface area contributed by atoms with Crippen molar-refractivity contribution in [2.24, 2.45) is 0 Å². The van der Waals surface area contributed by atoms with Crippen LogP contribution in [0, 0.1) is 11.3 Å². The number of halogens is 1. The van der Waals surface area contributed by atoms with Crippen LogP contribution in [0.15, 0.2) is 48.5 Å². The first-order valence-electron chi connectivity index (χ1n) is 6.67. The molecule has 0 aromatic heterocycles. The molecule has 2 aromatic carbocycles.